The van der Waals surface area contributed by atoms with Gasteiger partial charge in [0.25, 0.3) is 5.91 Å². The number of rotatable bonds is 7. The highest BCUT2D eigenvalue weighted by Crippen LogP contribution is 2.30. The summed E-state index contributed by atoms with van der Waals surface area (Å²) in [6, 6.07) is 13.9. The zero-order valence-electron chi connectivity index (χ0n) is 19.0. The molecular formula is C26H32ClFN2O2. The first kappa shape index (κ1) is 24.1. The van der Waals surface area contributed by atoms with Crippen LogP contribution in [0.25, 0.3) is 0 Å². The summed E-state index contributed by atoms with van der Waals surface area (Å²) in [7, 11) is 0. The van der Waals surface area contributed by atoms with E-state index in [4.69, 9.17) is 16.3 Å². The second kappa shape index (κ2) is 10.4. The minimum Gasteiger partial charge on any atom is -0.474 e. The molecular weight excluding hydrogens is 427 g/mol. The van der Waals surface area contributed by atoms with Crippen molar-refractivity contribution in [3.8, 4) is 0 Å². The lowest BCUT2D eigenvalue weighted by Crippen LogP contribution is -2.37. The predicted octanol–water partition coefficient (Wildman–Crippen LogP) is 6.34. The Morgan fingerprint density at radius 1 is 1.22 bits per heavy atom. The van der Waals surface area contributed by atoms with Gasteiger partial charge in [0.15, 0.2) is 5.88 Å². The molecule has 0 bridgehead atoms. The predicted molar refractivity (Wildman–Crippen MR) is 127 cm³/mol. The van der Waals surface area contributed by atoms with Crippen LogP contribution in [0, 0.1) is 11.7 Å². The fraction of sp³-hybridized carbons (Fsp3) is 0.423. The van der Waals surface area contributed by atoms with E-state index in [-0.39, 0.29) is 28.1 Å². The van der Waals surface area contributed by atoms with Gasteiger partial charge in [-0.3, -0.25) is 4.79 Å². The van der Waals surface area contributed by atoms with Gasteiger partial charge in [-0.15, -0.1) is 0 Å². The minimum atomic E-state index is -0.597. The van der Waals surface area contributed by atoms with E-state index in [1.807, 2.05) is 51.1 Å². The van der Waals surface area contributed by atoms with Gasteiger partial charge in [0.05, 0.1) is 11.1 Å². The van der Waals surface area contributed by atoms with Gasteiger partial charge in [-0.1, -0.05) is 41.9 Å². The molecule has 1 atom stereocenters. The number of ether oxygens (including phenoxy) is 1. The Morgan fingerprint density at radius 3 is 2.47 bits per heavy atom. The van der Waals surface area contributed by atoms with Gasteiger partial charge >= 0.3 is 0 Å². The molecule has 1 unspecified atom stereocenters. The van der Waals surface area contributed by atoms with Gasteiger partial charge < -0.3 is 15.0 Å². The van der Waals surface area contributed by atoms with Crippen molar-refractivity contribution in [2.24, 2.45) is 5.92 Å². The molecule has 32 heavy (non-hydrogen) atoms. The Hall–Kier alpha value is -2.53. The fourth-order valence-electron chi connectivity index (χ4n) is 4.01. The van der Waals surface area contributed by atoms with Crippen molar-refractivity contribution in [3.63, 3.8) is 0 Å². The number of likely N-dealkylation sites (tertiary alicyclic amines) is 1. The molecule has 1 N–H and O–H groups in total. The van der Waals surface area contributed by atoms with Crippen LogP contribution in [0.2, 0.25) is 5.02 Å². The molecule has 1 saturated heterocycles. The number of nitrogens with zero attached hydrogens (tertiary/aromatic N) is 1. The van der Waals surface area contributed by atoms with Crippen molar-refractivity contribution in [1.29, 1.82) is 0 Å². The zero-order chi connectivity index (χ0) is 23.3. The summed E-state index contributed by atoms with van der Waals surface area (Å²) >= 11 is 5.76. The summed E-state index contributed by atoms with van der Waals surface area (Å²) < 4.78 is 19.8. The van der Waals surface area contributed by atoms with Crippen LogP contribution in [0.15, 0.2) is 61.0 Å². The normalized spacial score (nSPS) is 15.8. The number of hydrogen-bond acceptors (Lipinski definition) is 3. The summed E-state index contributed by atoms with van der Waals surface area (Å²) in [6.45, 7) is 11.9. The van der Waals surface area contributed by atoms with Crippen LogP contribution < -0.4 is 5.32 Å². The van der Waals surface area contributed by atoms with E-state index >= 15 is 0 Å². The van der Waals surface area contributed by atoms with Crippen molar-refractivity contribution in [3.05, 3.63) is 83.0 Å². The molecule has 2 aromatic rings. The third-order valence-corrected chi connectivity index (χ3v) is 5.96. The molecule has 1 amide bonds. The SMILES string of the molecule is C=C(OC(C)(C)C)N1CCC(CC(NC(=O)c2ccc(Cl)c(F)c2)c2ccccc2)CC1. The maximum absolute atomic E-state index is 13.8. The van der Waals surface area contributed by atoms with E-state index in [1.165, 1.54) is 12.1 Å². The standard InChI is InChI=1S/C26H32ClFN2O2/c1-18(32-26(2,3)4)30-14-12-19(13-15-30)16-24(20-8-6-5-7-9-20)29-25(31)21-10-11-22(27)23(28)17-21/h5-11,17,19,24H,1,12-16H2,2-4H3,(H,29,31). The summed E-state index contributed by atoms with van der Waals surface area (Å²) in [5, 5.41) is 3.11. The highest BCUT2D eigenvalue weighted by molar-refractivity contribution is 6.30. The number of nitrogens with one attached hydrogen (secondary N) is 1. The van der Waals surface area contributed by atoms with Crippen LogP contribution >= 0.6 is 11.6 Å². The zero-order valence-corrected chi connectivity index (χ0v) is 19.8. The molecule has 0 aromatic heterocycles. The van der Waals surface area contributed by atoms with Crippen molar-refractivity contribution in [2.45, 2.75) is 51.7 Å². The summed E-state index contributed by atoms with van der Waals surface area (Å²) in [5.41, 5.74) is 1.04. The first-order valence-corrected chi connectivity index (χ1v) is 11.4. The van der Waals surface area contributed by atoms with Gasteiger partial charge in [-0.2, -0.15) is 0 Å². The first-order valence-electron chi connectivity index (χ1n) is 11.1. The van der Waals surface area contributed by atoms with E-state index in [0.717, 1.165) is 37.9 Å². The fourth-order valence-corrected chi connectivity index (χ4v) is 4.13. The van der Waals surface area contributed by atoms with Crippen LogP contribution in [0.3, 0.4) is 0 Å². The molecule has 1 aliphatic heterocycles. The Bertz CT molecular complexity index is 935. The smallest absolute Gasteiger partial charge is 0.251 e. The van der Waals surface area contributed by atoms with Gasteiger partial charge in [-0.05, 0) is 76.3 Å². The monoisotopic (exact) mass is 458 g/mol. The Kier molecular flexibility index (Phi) is 7.83. The molecule has 1 fully saturated rings. The highest BCUT2D eigenvalue weighted by Gasteiger charge is 2.27. The maximum Gasteiger partial charge on any atom is 0.251 e. The molecule has 3 rings (SSSR count). The average molecular weight is 459 g/mol. The minimum absolute atomic E-state index is 0.00458. The molecule has 1 aliphatic rings. The van der Waals surface area contributed by atoms with Crippen molar-refractivity contribution in [1.82, 2.24) is 10.2 Å². The number of hydrogen-bond donors (Lipinski definition) is 1. The molecule has 0 spiro atoms. The number of carbonyl (C=O) groups is 1. The number of benzene rings is 2. The third kappa shape index (κ3) is 6.73. The van der Waals surface area contributed by atoms with Gasteiger partial charge in [0, 0.05) is 18.7 Å². The van der Waals surface area contributed by atoms with Crippen LogP contribution in [0.1, 0.15) is 62.0 Å². The van der Waals surface area contributed by atoms with E-state index in [0.29, 0.717) is 11.8 Å². The molecule has 172 valence electrons. The van der Waals surface area contributed by atoms with Gasteiger partial charge in [0.1, 0.15) is 11.4 Å². The quantitative estimate of drug-likeness (QED) is 0.492. The number of amides is 1. The lowest BCUT2D eigenvalue weighted by molar-refractivity contribution is -0.00611. The number of halogens is 2. The second-order valence-corrected chi connectivity index (χ2v) is 9.75. The third-order valence-electron chi connectivity index (χ3n) is 5.65. The lowest BCUT2D eigenvalue weighted by atomic mass is 9.87. The van der Waals surface area contributed by atoms with E-state index in [1.54, 1.807) is 6.07 Å². The Balaban J connectivity index is 1.65. The number of carbonyl (C=O) groups excluding carboxylic acids is 1. The summed E-state index contributed by atoms with van der Waals surface area (Å²) in [5.74, 6) is 0.259. The lowest BCUT2D eigenvalue weighted by Gasteiger charge is -2.37. The molecule has 6 heteroatoms. The van der Waals surface area contributed by atoms with Crippen LogP contribution in [0.5, 0.6) is 0 Å². The van der Waals surface area contributed by atoms with Gasteiger partial charge in [0.2, 0.25) is 0 Å². The van der Waals surface area contributed by atoms with Crippen LogP contribution in [-0.2, 0) is 4.74 Å². The molecule has 0 aliphatic carbocycles. The highest BCUT2D eigenvalue weighted by atomic mass is 35.5. The molecule has 2 aromatic carbocycles. The molecule has 4 nitrogen and oxygen atoms in total. The van der Waals surface area contributed by atoms with E-state index < -0.39 is 5.82 Å². The number of piperidine rings is 1. The average Bonchev–Trinajstić information content (AvgIpc) is 2.75. The Labute approximate surface area is 195 Å². The largest absolute Gasteiger partial charge is 0.474 e. The van der Waals surface area contributed by atoms with Crippen molar-refractivity contribution in [2.75, 3.05) is 13.1 Å². The van der Waals surface area contributed by atoms with Crippen molar-refractivity contribution >= 4 is 17.5 Å². The second-order valence-electron chi connectivity index (χ2n) is 9.34. The van der Waals surface area contributed by atoms with E-state index in [9.17, 15) is 9.18 Å². The molecule has 0 saturated carbocycles. The Morgan fingerprint density at radius 2 is 1.88 bits per heavy atom. The van der Waals surface area contributed by atoms with Crippen LogP contribution in [0.4, 0.5) is 4.39 Å². The van der Waals surface area contributed by atoms with Gasteiger partial charge in [-0.25, -0.2) is 4.39 Å². The molecule has 1 heterocycles. The maximum atomic E-state index is 13.8. The van der Waals surface area contributed by atoms with Crippen molar-refractivity contribution < 1.29 is 13.9 Å². The molecule has 0 radical (unpaired) electrons. The summed E-state index contributed by atoms with van der Waals surface area (Å²) in [4.78, 5) is 15.0. The topological polar surface area (TPSA) is 41.6 Å². The van der Waals surface area contributed by atoms with E-state index in [2.05, 4.69) is 16.8 Å². The first-order chi connectivity index (χ1) is 15.1. The van der Waals surface area contributed by atoms with Crippen LogP contribution in [-0.4, -0.2) is 29.5 Å². The summed E-state index contributed by atoms with van der Waals surface area (Å²) in [6.07, 6.45) is 2.79.